The summed E-state index contributed by atoms with van der Waals surface area (Å²) in [4.78, 5) is 20.8. The molecule has 0 amide bonds. The van der Waals surface area contributed by atoms with Crippen molar-refractivity contribution in [2.75, 3.05) is 26.2 Å². The van der Waals surface area contributed by atoms with Gasteiger partial charge in [-0.3, -0.25) is 9.69 Å². The van der Waals surface area contributed by atoms with Gasteiger partial charge in [0.15, 0.2) is 5.82 Å². The second-order valence-corrected chi connectivity index (χ2v) is 5.11. The lowest BCUT2D eigenvalue weighted by Crippen LogP contribution is -2.45. The molecule has 2 aromatic heterocycles. The third kappa shape index (κ3) is 3.03. The van der Waals surface area contributed by atoms with E-state index in [9.17, 15) is 4.79 Å². The summed E-state index contributed by atoms with van der Waals surface area (Å²) in [5, 5.41) is 7.45. The summed E-state index contributed by atoms with van der Waals surface area (Å²) in [6, 6.07) is 3.37. The standard InChI is InChI=1S/C14H19N5O2/c1-2-11(19-7-5-15-6-8-19)13-17-14(21-18-13)10-3-4-16-12(20)9-10/h3-4,9,11,15H,2,5-8H2,1H3,(H,16,20). The molecule has 0 saturated carbocycles. The molecule has 0 radical (unpaired) electrons. The second-order valence-electron chi connectivity index (χ2n) is 5.11. The number of pyridine rings is 1. The van der Waals surface area contributed by atoms with Crippen LogP contribution in [0.4, 0.5) is 0 Å². The predicted molar refractivity (Wildman–Crippen MR) is 77.8 cm³/mol. The van der Waals surface area contributed by atoms with Crippen molar-refractivity contribution >= 4 is 0 Å². The van der Waals surface area contributed by atoms with Crippen molar-refractivity contribution < 1.29 is 4.52 Å². The fourth-order valence-corrected chi connectivity index (χ4v) is 2.66. The maximum Gasteiger partial charge on any atom is 0.258 e. The van der Waals surface area contributed by atoms with Gasteiger partial charge < -0.3 is 14.8 Å². The highest BCUT2D eigenvalue weighted by atomic mass is 16.5. The maximum absolute atomic E-state index is 11.3. The Labute approximate surface area is 122 Å². The SMILES string of the molecule is CCC(c1noc(-c2cc[nH]c(=O)c2)n1)N1CCNCC1. The fourth-order valence-electron chi connectivity index (χ4n) is 2.66. The third-order valence-electron chi connectivity index (χ3n) is 3.74. The molecular formula is C14H19N5O2. The molecule has 21 heavy (non-hydrogen) atoms. The molecule has 1 aliphatic rings. The number of hydrogen-bond acceptors (Lipinski definition) is 6. The number of rotatable bonds is 4. The molecule has 0 aromatic carbocycles. The van der Waals surface area contributed by atoms with E-state index in [4.69, 9.17) is 4.52 Å². The first-order valence-corrected chi connectivity index (χ1v) is 7.25. The molecule has 0 bridgehead atoms. The molecule has 1 atom stereocenters. The highest BCUT2D eigenvalue weighted by Gasteiger charge is 2.25. The zero-order chi connectivity index (χ0) is 14.7. The third-order valence-corrected chi connectivity index (χ3v) is 3.74. The van der Waals surface area contributed by atoms with Crippen LogP contribution in [0.3, 0.4) is 0 Å². The van der Waals surface area contributed by atoms with E-state index in [-0.39, 0.29) is 11.6 Å². The van der Waals surface area contributed by atoms with Gasteiger partial charge in [0.25, 0.3) is 5.89 Å². The average Bonchev–Trinajstić information content (AvgIpc) is 2.99. The van der Waals surface area contributed by atoms with Gasteiger partial charge in [-0.2, -0.15) is 4.98 Å². The molecule has 1 fully saturated rings. The summed E-state index contributed by atoms with van der Waals surface area (Å²) >= 11 is 0. The van der Waals surface area contributed by atoms with Gasteiger partial charge in [-0.25, -0.2) is 0 Å². The van der Waals surface area contributed by atoms with Gasteiger partial charge in [-0.1, -0.05) is 12.1 Å². The van der Waals surface area contributed by atoms with E-state index in [0.29, 0.717) is 17.3 Å². The number of nitrogens with zero attached hydrogens (tertiary/aromatic N) is 3. The number of aromatic amines is 1. The monoisotopic (exact) mass is 289 g/mol. The van der Waals surface area contributed by atoms with Crippen LogP contribution < -0.4 is 10.9 Å². The zero-order valence-electron chi connectivity index (χ0n) is 12.0. The van der Waals surface area contributed by atoms with Gasteiger partial charge >= 0.3 is 0 Å². The number of nitrogens with one attached hydrogen (secondary N) is 2. The molecule has 3 heterocycles. The lowest BCUT2D eigenvalue weighted by atomic mass is 10.1. The van der Waals surface area contributed by atoms with Crippen LogP contribution in [-0.2, 0) is 0 Å². The summed E-state index contributed by atoms with van der Waals surface area (Å²) in [6.45, 7) is 6.04. The van der Waals surface area contributed by atoms with Gasteiger partial charge in [-0.15, -0.1) is 0 Å². The summed E-state index contributed by atoms with van der Waals surface area (Å²) in [7, 11) is 0. The molecule has 112 valence electrons. The van der Waals surface area contributed by atoms with Gasteiger partial charge in [0.05, 0.1) is 6.04 Å². The largest absolute Gasteiger partial charge is 0.334 e. The molecule has 1 aliphatic heterocycles. The van der Waals surface area contributed by atoms with E-state index >= 15 is 0 Å². The van der Waals surface area contributed by atoms with E-state index in [1.807, 2.05) is 0 Å². The van der Waals surface area contributed by atoms with Crippen molar-refractivity contribution in [1.29, 1.82) is 0 Å². The number of aromatic nitrogens is 3. The maximum atomic E-state index is 11.3. The van der Waals surface area contributed by atoms with Crippen molar-refractivity contribution in [3.05, 3.63) is 34.5 Å². The molecule has 7 nitrogen and oxygen atoms in total. The van der Waals surface area contributed by atoms with Crippen molar-refractivity contribution in [3.63, 3.8) is 0 Å². The number of hydrogen-bond donors (Lipinski definition) is 2. The Morgan fingerprint density at radius 2 is 2.24 bits per heavy atom. The Morgan fingerprint density at radius 1 is 1.43 bits per heavy atom. The summed E-state index contributed by atoms with van der Waals surface area (Å²) in [5.41, 5.74) is 0.467. The van der Waals surface area contributed by atoms with Gasteiger partial charge in [0.1, 0.15) is 0 Å². The van der Waals surface area contributed by atoms with E-state index in [1.165, 1.54) is 6.07 Å². The van der Waals surface area contributed by atoms with Crippen LogP contribution >= 0.6 is 0 Å². The van der Waals surface area contributed by atoms with Crippen LogP contribution in [0.2, 0.25) is 0 Å². The average molecular weight is 289 g/mol. The summed E-state index contributed by atoms with van der Waals surface area (Å²) in [5.74, 6) is 1.08. The first-order chi connectivity index (χ1) is 10.3. The Balaban J connectivity index is 1.84. The highest BCUT2D eigenvalue weighted by molar-refractivity contribution is 5.51. The molecule has 7 heteroatoms. The van der Waals surface area contributed by atoms with Crippen LogP contribution in [-0.4, -0.2) is 46.2 Å². The predicted octanol–water partition coefficient (Wildman–Crippen LogP) is 0.781. The van der Waals surface area contributed by atoms with Gasteiger partial charge in [-0.05, 0) is 12.5 Å². The van der Waals surface area contributed by atoms with Crippen molar-refractivity contribution in [3.8, 4) is 11.5 Å². The van der Waals surface area contributed by atoms with Crippen molar-refractivity contribution in [2.24, 2.45) is 0 Å². The second kappa shape index (κ2) is 6.19. The van der Waals surface area contributed by atoms with Gasteiger partial charge in [0, 0.05) is 44.0 Å². The highest BCUT2D eigenvalue weighted by Crippen LogP contribution is 2.24. The smallest absolute Gasteiger partial charge is 0.258 e. The van der Waals surface area contributed by atoms with Crippen molar-refractivity contribution in [2.45, 2.75) is 19.4 Å². The minimum atomic E-state index is -0.179. The van der Waals surface area contributed by atoms with Gasteiger partial charge in [0.2, 0.25) is 5.56 Å². The topological polar surface area (TPSA) is 87.0 Å². The van der Waals surface area contributed by atoms with E-state index in [0.717, 1.165) is 32.6 Å². The first-order valence-electron chi connectivity index (χ1n) is 7.25. The molecule has 2 aromatic rings. The Hall–Kier alpha value is -1.99. The zero-order valence-corrected chi connectivity index (χ0v) is 12.0. The summed E-state index contributed by atoms with van der Waals surface area (Å²) < 4.78 is 5.32. The molecule has 3 rings (SSSR count). The Kier molecular flexibility index (Phi) is 4.12. The lowest BCUT2D eigenvalue weighted by Gasteiger charge is -2.32. The van der Waals surface area contributed by atoms with Crippen molar-refractivity contribution in [1.82, 2.24) is 25.3 Å². The van der Waals surface area contributed by atoms with E-state index in [2.05, 4.69) is 32.3 Å². The van der Waals surface area contributed by atoms with Crippen LogP contribution in [0, 0.1) is 0 Å². The fraction of sp³-hybridized carbons (Fsp3) is 0.500. The molecule has 1 unspecified atom stereocenters. The van der Waals surface area contributed by atoms with E-state index in [1.54, 1.807) is 12.3 Å². The molecule has 0 aliphatic carbocycles. The van der Waals surface area contributed by atoms with Crippen LogP contribution in [0.5, 0.6) is 0 Å². The molecular weight excluding hydrogens is 270 g/mol. The van der Waals surface area contributed by atoms with Crippen LogP contribution in [0.1, 0.15) is 25.2 Å². The van der Waals surface area contributed by atoms with Crippen LogP contribution in [0.15, 0.2) is 27.6 Å². The Morgan fingerprint density at radius 3 is 2.95 bits per heavy atom. The molecule has 1 saturated heterocycles. The Bertz CT molecular complexity index is 645. The normalized spacial score (nSPS) is 17.8. The quantitative estimate of drug-likeness (QED) is 0.865. The minimum absolute atomic E-state index is 0.159. The van der Waals surface area contributed by atoms with E-state index < -0.39 is 0 Å². The number of piperazine rings is 1. The number of H-pyrrole nitrogens is 1. The first kappa shape index (κ1) is 14.0. The van der Waals surface area contributed by atoms with Crippen LogP contribution in [0.25, 0.3) is 11.5 Å². The lowest BCUT2D eigenvalue weighted by molar-refractivity contribution is 0.160. The molecule has 2 N–H and O–H groups in total. The summed E-state index contributed by atoms with van der Waals surface area (Å²) in [6.07, 6.45) is 2.50. The minimum Gasteiger partial charge on any atom is -0.334 e. The molecule has 0 spiro atoms.